The van der Waals surface area contributed by atoms with E-state index < -0.39 is 6.40 Å². The summed E-state index contributed by atoms with van der Waals surface area (Å²) in [5.74, 6) is 0. The Balaban J connectivity index is 2.45. The van der Waals surface area contributed by atoms with Crippen molar-refractivity contribution in [2.75, 3.05) is 0 Å². The lowest BCUT2D eigenvalue weighted by Gasteiger charge is -2.22. The molecule has 1 atom stereocenters. The van der Waals surface area contributed by atoms with Gasteiger partial charge in [-0.2, -0.15) is 0 Å². The summed E-state index contributed by atoms with van der Waals surface area (Å²) in [6.07, 6.45) is 3.53. The second kappa shape index (κ2) is 3.45. The summed E-state index contributed by atoms with van der Waals surface area (Å²) < 4.78 is 16.1. The number of hydrogen-bond acceptors (Lipinski definition) is 0. The van der Waals surface area contributed by atoms with Crippen LogP contribution in [0, 0.1) is 5.41 Å². The zero-order chi connectivity index (χ0) is 11.8. The van der Waals surface area contributed by atoms with Gasteiger partial charge in [0.25, 0.3) is 0 Å². The molecule has 1 aromatic carbocycles. The van der Waals surface area contributed by atoms with E-state index in [0.717, 1.165) is 11.1 Å². The molecule has 0 N–H and O–H groups in total. The van der Waals surface area contributed by atoms with E-state index in [1.165, 1.54) is 0 Å². The van der Waals surface area contributed by atoms with Gasteiger partial charge in [0.05, 0.1) is 1.37 Å². The van der Waals surface area contributed by atoms with Crippen molar-refractivity contribution in [2.24, 2.45) is 5.41 Å². The molecule has 0 radical (unpaired) electrons. The highest BCUT2D eigenvalue weighted by molar-refractivity contribution is 5.75. The molecule has 0 heterocycles. The van der Waals surface area contributed by atoms with Crippen LogP contribution in [0.3, 0.4) is 0 Å². The third-order valence-electron chi connectivity index (χ3n) is 2.36. The van der Waals surface area contributed by atoms with Gasteiger partial charge in [0.2, 0.25) is 0 Å². The SMILES string of the molecule is [2H]C1=C(c2ccccc2)C=CC(C)(C)C1[2H]. The highest BCUT2D eigenvalue weighted by atomic mass is 14.2. The summed E-state index contributed by atoms with van der Waals surface area (Å²) >= 11 is 0. The van der Waals surface area contributed by atoms with Gasteiger partial charge in [-0.1, -0.05) is 62.4 Å². The molecule has 0 amide bonds. The molecule has 2 rings (SSSR count). The third kappa shape index (κ3) is 1.95. The molecule has 14 heavy (non-hydrogen) atoms. The van der Waals surface area contributed by atoms with E-state index in [4.69, 9.17) is 2.74 Å². The lowest BCUT2D eigenvalue weighted by molar-refractivity contribution is 0.485. The van der Waals surface area contributed by atoms with Gasteiger partial charge in [0, 0.05) is 1.37 Å². The molecule has 1 aliphatic rings. The Labute approximate surface area is 88.8 Å². The van der Waals surface area contributed by atoms with Crippen molar-refractivity contribution >= 4 is 5.57 Å². The average Bonchev–Trinajstić information content (AvgIpc) is 2.27. The van der Waals surface area contributed by atoms with Gasteiger partial charge in [-0.05, 0) is 22.9 Å². The van der Waals surface area contributed by atoms with Crippen LogP contribution >= 0.6 is 0 Å². The first-order valence-electron chi connectivity index (χ1n) is 5.98. The van der Waals surface area contributed by atoms with Gasteiger partial charge in [0.15, 0.2) is 0 Å². The summed E-state index contributed by atoms with van der Waals surface area (Å²) in [6.45, 7) is 4.00. The van der Waals surface area contributed by atoms with Crippen molar-refractivity contribution in [3.63, 3.8) is 0 Å². The van der Waals surface area contributed by atoms with E-state index >= 15 is 0 Å². The molecular formula is C14H16. The predicted octanol–water partition coefficient (Wildman–Crippen LogP) is 4.06. The van der Waals surface area contributed by atoms with E-state index in [-0.39, 0.29) is 5.41 Å². The Bertz CT molecular complexity index is 441. The number of allylic oxidation sites excluding steroid dienone is 4. The van der Waals surface area contributed by atoms with Crippen LogP contribution in [0.5, 0.6) is 0 Å². The second-order valence-corrected chi connectivity index (χ2v) is 4.22. The predicted molar refractivity (Wildman–Crippen MR) is 62.0 cm³/mol. The highest BCUT2D eigenvalue weighted by Gasteiger charge is 2.15. The topological polar surface area (TPSA) is 0 Å². The largest absolute Gasteiger partial charge is 0.0779 e. The van der Waals surface area contributed by atoms with Crippen molar-refractivity contribution in [3.05, 3.63) is 54.1 Å². The Morgan fingerprint density at radius 3 is 2.71 bits per heavy atom. The average molecular weight is 186 g/mol. The van der Waals surface area contributed by atoms with E-state index in [1.807, 2.05) is 56.3 Å². The molecule has 0 fully saturated rings. The number of hydrogen-bond donors (Lipinski definition) is 0. The van der Waals surface area contributed by atoms with Gasteiger partial charge in [-0.3, -0.25) is 0 Å². The maximum atomic E-state index is 8.07. The first kappa shape index (κ1) is 7.05. The molecule has 1 aromatic rings. The third-order valence-corrected chi connectivity index (χ3v) is 2.36. The maximum absolute atomic E-state index is 8.07. The second-order valence-electron chi connectivity index (χ2n) is 4.22. The zero-order valence-corrected chi connectivity index (χ0v) is 8.62. The minimum absolute atomic E-state index is 0.241. The van der Waals surface area contributed by atoms with Gasteiger partial charge in [-0.15, -0.1) is 0 Å². The standard InChI is InChI=1S/C14H16/c1-14(2)10-8-13(9-11-14)12-6-4-3-5-7-12/h3-10H,11H2,1-2H3/i9D,11D. The molecule has 0 bridgehead atoms. The smallest absolute Gasteiger partial charge is 0.0583 e. The molecular weight excluding hydrogens is 168 g/mol. The summed E-state index contributed by atoms with van der Waals surface area (Å²) in [5.41, 5.74) is 1.66. The Kier molecular flexibility index (Phi) is 1.74. The molecule has 0 heteroatoms. The molecule has 1 aliphatic carbocycles. The minimum atomic E-state index is -0.479. The first-order valence-corrected chi connectivity index (χ1v) is 4.90. The lowest BCUT2D eigenvalue weighted by Crippen LogP contribution is -2.08. The van der Waals surface area contributed by atoms with Crippen molar-refractivity contribution < 1.29 is 2.74 Å². The van der Waals surface area contributed by atoms with Crippen LogP contribution in [-0.2, 0) is 0 Å². The normalized spacial score (nSPS) is 27.1. The summed E-state index contributed by atoms with van der Waals surface area (Å²) in [5, 5.41) is 0. The van der Waals surface area contributed by atoms with Gasteiger partial charge < -0.3 is 0 Å². The van der Waals surface area contributed by atoms with E-state index in [2.05, 4.69) is 0 Å². The molecule has 1 unspecified atom stereocenters. The molecule has 0 aliphatic heterocycles. The quantitative estimate of drug-likeness (QED) is 0.620. The van der Waals surface area contributed by atoms with E-state index in [0.29, 0.717) is 6.05 Å². The highest BCUT2D eigenvalue weighted by Crippen LogP contribution is 2.31. The molecule has 0 spiro atoms. The molecule has 72 valence electrons. The van der Waals surface area contributed by atoms with Gasteiger partial charge in [-0.25, -0.2) is 0 Å². The van der Waals surface area contributed by atoms with Gasteiger partial charge in [0.1, 0.15) is 0 Å². The number of benzene rings is 1. The molecule has 0 nitrogen and oxygen atoms in total. The van der Waals surface area contributed by atoms with Gasteiger partial charge >= 0.3 is 0 Å². The molecule has 0 aromatic heterocycles. The Morgan fingerprint density at radius 2 is 2.00 bits per heavy atom. The minimum Gasteiger partial charge on any atom is -0.0779 e. The number of rotatable bonds is 1. The molecule has 0 saturated heterocycles. The summed E-state index contributed by atoms with van der Waals surface area (Å²) in [4.78, 5) is 0. The first-order chi connectivity index (χ1) is 7.52. The summed E-state index contributed by atoms with van der Waals surface area (Å²) in [7, 11) is 0. The van der Waals surface area contributed by atoms with E-state index in [1.54, 1.807) is 0 Å². The van der Waals surface area contributed by atoms with E-state index in [9.17, 15) is 0 Å². The lowest BCUT2D eigenvalue weighted by atomic mass is 9.83. The van der Waals surface area contributed by atoms with Crippen LogP contribution in [0.2, 0.25) is 0 Å². The molecule has 0 saturated carbocycles. The van der Waals surface area contributed by atoms with Crippen LogP contribution in [0.25, 0.3) is 5.57 Å². The Hall–Kier alpha value is -1.30. The monoisotopic (exact) mass is 186 g/mol. The van der Waals surface area contributed by atoms with Crippen LogP contribution < -0.4 is 0 Å². The van der Waals surface area contributed by atoms with Crippen molar-refractivity contribution in [2.45, 2.75) is 20.2 Å². The van der Waals surface area contributed by atoms with Crippen molar-refractivity contribution in [1.82, 2.24) is 0 Å². The van der Waals surface area contributed by atoms with Crippen molar-refractivity contribution in [1.29, 1.82) is 0 Å². The van der Waals surface area contributed by atoms with Crippen LogP contribution in [0.1, 0.15) is 28.5 Å². The van der Waals surface area contributed by atoms with Crippen LogP contribution in [0.4, 0.5) is 0 Å². The van der Waals surface area contributed by atoms with Crippen LogP contribution in [-0.4, -0.2) is 0 Å². The summed E-state index contributed by atoms with van der Waals surface area (Å²) in [6, 6.07) is 10.3. The van der Waals surface area contributed by atoms with Crippen LogP contribution in [0.15, 0.2) is 48.5 Å². The fourth-order valence-electron chi connectivity index (χ4n) is 1.46. The Morgan fingerprint density at radius 1 is 1.29 bits per heavy atom. The zero-order valence-electron chi connectivity index (χ0n) is 10.6. The van der Waals surface area contributed by atoms with Crippen molar-refractivity contribution in [3.8, 4) is 0 Å². The fraction of sp³-hybridized carbons (Fsp3) is 0.286. The maximum Gasteiger partial charge on any atom is 0.0583 e. The fourth-order valence-corrected chi connectivity index (χ4v) is 1.46.